The number of carbonyl (C=O) groups excluding carboxylic acids is 2. The van der Waals surface area contributed by atoms with Crippen molar-refractivity contribution < 1.29 is 42.1 Å². The van der Waals surface area contributed by atoms with Crippen LogP contribution in [-0.4, -0.2) is 74.9 Å². The molecule has 0 spiro atoms. The molecule has 2 atom stereocenters. The van der Waals surface area contributed by atoms with Gasteiger partial charge in [-0.1, -0.05) is 265 Å². The molecule has 0 bridgehead atoms. The second-order valence-corrected chi connectivity index (χ2v) is 24.2. The minimum absolute atomic E-state index is 0.0125. The Morgan fingerprint density at radius 3 is 0.909 bits per heavy atom. The van der Waals surface area contributed by atoms with E-state index in [1.807, 2.05) is 21.1 Å². The molecule has 0 aliphatic carbocycles. The van der Waals surface area contributed by atoms with E-state index in [4.69, 9.17) is 18.5 Å². The zero-order valence-corrected chi connectivity index (χ0v) is 56.8. The Kier molecular flexibility index (Phi) is 62.0. The predicted molar refractivity (Wildman–Crippen MR) is 380 cm³/mol. The second-order valence-electron chi connectivity index (χ2n) is 22.7. The van der Waals surface area contributed by atoms with Crippen molar-refractivity contribution in [3.63, 3.8) is 0 Å². The highest BCUT2D eigenvalue weighted by molar-refractivity contribution is 7.47. The summed E-state index contributed by atoms with van der Waals surface area (Å²) in [7, 11) is 1.42. The molecule has 10 heteroatoms. The van der Waals surface area contributed by atoms with Gasteiger partial charge in [-0.05, 0) is 148 Å². The third-order valence-electron chi connectivity index (χ3n) is 13.3. The number of unbranched alkanes of at least 4 members (excludes halogenated alkanes) is 11. The van der Waals surface area contributed by atoms with Crippen molar-refractivity contribution in [3.05, 3.63) is 207 Å². The number of rotatable bonds is 59. The molecule has 0 aromatic rings. The van der Waals surface area contributed by atoms with Crippen molar-refractivity contribution in [1.82, 2.24) is 0 Å². The molecule has 0 saturated carbocycles. The van der Waals surface area contributed by atoms with Crippen LogP contribution < -0.4 is 0 Å². The van der Waals surface area contributed by atoms with E-state index in [0.717, 1.165) is 180 Å². The summed E-state index contributed by atoms with van der Waals surface area (Å²) in [5, 5.41) is 0. The number of esters is 2. The molecule has 0 heterocycles. The maximum atomic E-state index is 12.9. The lowest BCUT2D eigenvalue weighted by Gasteiger charge is -2.24. The smallest absolute Gasteiger partial charge is 0.462 e. The molecule has 0 amide bonds. The zero-order valence-electron chi connectivity index (χ0n) is 55.9. The zero-order chi connectivity index (χ0) is 64.1. The average Bonchev–Trinajstić information content (AvgIpc) is 3.68. The molecule has 0 fully saturated rings. The number of carbonyl (C=O) groups is 2. The molecule has 0 aromatic carbocycles. The summed E-state index contributed by atoms with van der Waals surface area (Å²) in [6.45, 7) is 4.13. The maximum absolute atomic E-state index is 12.9. The molecule has 88 heavy (non-hydrogen) atoms. The molecule has 0 rings (SSSR count). The first-order valence-corrected chi connectivity index (χ1v) is 35.3. The number of hydrogen-bond donors (Lipinski definition) is 1. The Labute approximate surface area is 538 Å². The van der Waals surface area contributed by atoms with Gasteiger partial charge in [0.25, 0.3) is 0 Å². The summed E-state index contributed by atoms with van der Waals surface area (Å²) in [6, 6.07) is 0. The normalized spacial score (nSPS) is 14.5. The van der Waals surface area contributed by atoms with Gasteiger partial charge in [0.05, 0.1) is 27.7 Å². The molecule has 1 N–H and O–H groups in total. The highest BCUT2D eigenvalue weighted by atomic mass is 31.2. The first-order chi connectivity index (χ1) is 43.0. The van der Waals surface area contributed by atoms with E-state index >= 15 is 0 Å². The monoisotopic (exact) mass is 1230 g/mol. The van der Waals surface area contributed by atoms with Gasteiger partial charge in [-0.2, -0.15) is 0 Å². The molecule has 0 saturated heterocycles. The van der Waals surface area contributed by atoms with Gasteiger partial charge in [0.2, 0.25) is 0 Å². The summed E-state index contributed by atoms with van der Waals surface area (Å²) in [5.74, 6) is -0.854. The molecule has 492 valence electrons. The Morgan fingerprint density at radius 1 is 0.352 bits per heavy atom. The van der Waals surface area contributed by atoms with Gasteiger partial charge in [0, 0.05) is 12.8 Å². The van der Waals surface area contributed by atoms with Gasteiger partial charge in [0.15, 0.2) is 6.10 Å². The number of nitrogens with zero attached hydrogens (tertiary/aromatic N) is 1. The SMILES string of the molecule is CC/C=C\C/C=C\C/C=C\C/C=C\C/C=C\C/C=C\C/C=C\C/C=C\C/C=C\C/C=C\C/C=C\CCCCCCCC(=O)OC(COC(=O)CCCCCCCC/C=C\C/C=C\C/C=C\C/C=C\C/C=C\C/C=C\CC)COP(=O)(O)OCC[N+](C)(C)C. The lowest BCUT2D eigenvalue weighted by molar-refractivity contribution is -0.870. The number of hydrogen-bond acceptors (Lipinski definition) is 7. The second kappa shape index (κ2) is 66.0. The minimum atomic E-state index is -4.42. The topological polar surface area (TPSA) is 108 Å². The number of ether oxygens (including phenoxy) is 2. The van der Waals surface area contributed by atoms with Crippen LogP contribution in [0.5, 0.6) is 0 Å². The molecule has 0 aromatic heterocycles. The number of phosphoric ester groups is 1. The lowest BCUT2D eigenvalue weighted by atomic mass is 10.1. The van der Waals surface area contributed by atoms with Crippen molar-refractivity contribution >= 4 is 19.8 Å². The van der Waals surface area contributed by atoms with E-state index in [2.05, 4.69) is 220 Å². The highest BCUT2D eigenvalue weighted by Crippen LogP contribution is 2.43. The number of phosphoric acid groups is 1. The van der Waals surface area contributed by atoms with Crippen molar-refractivity contribution in [3.8, 4) is 0 Å². The molecular weight excluding hydrogens is 1110 g/mol. The predicted octanol–water partition coefficient (Wildman–Crippen LogP) is 22.3. The summed E-state index contributed by atoms with van der Waals surface area (Å²) >= 11 is 0. The molecule has 0 radical (unpaired) electrons. The summed E-state index contributed by atoms with van der Waals surface area (Å²) in [5.41, 5.74) is 0. The average molecular weight is 1230 g/mol. The van der Waals surface area contributed by atoms with Gasteiger partial charge >= 0.3 is 19.8 Å². The van der Waals surface area contributed by atoms with E-state index in [-0.39, 0.29) is 26.1 Å². The fourth-order valence-electron chi connectivity index (χ4n) is 8.20. The van der Waals surface area contributed by atoms with Crippen LogP contribution >= 0.6 is 7.82 Å². The molecule has 0 aliphatic rings. The van der Waals surface area contributed by atoms with Crippen LogP contribution in [0.3, 0.4) is 0 Å². The molecule has 9 nitrogen and oxygen atoms in total. The maximum Gasteiger partial charge on any atom is 0.472 e. The Bertz CT molecular complexity index is 2240. The Morgan fingerprint density at radius 2 is 0.614 bits per heavy atom. The van der Waals surface area contributed by atoms with Crippen LogP contribution in [-0.2, 0) is 32.7 Å². The molecular formula is C78H123NO8P+. The van der Waals surface area contributed by atoms with E-state index in [0.29, 0.717) is 23.9 Å². The number of likely N-dealkylation sites (N-methyl/N-ethyl adjacent to an activating group) is 1. The van der Waals surface area contributed by atoms with Gasteiger partial charge in [0.1, 0.15) is 19.8 Å². The quantitative estimate of drug-likeness (QED) is 0.0211. The van der Waals surface area contributed by atoms with Gasteiger partial charge in [-0.25, -0.2) is 4.57 Å². The lowest BCUT2D eigenvalue weighted by Crippen LogP contribution is -2.37. The Balaban J connectivity index is 4.24. The van der Waals surface area contributed by atoms with E-state index < -0.39 is 32.5 Å². The first-order valence-electron chi connectivity index (χ1n) is 33.8. The van der Waals surface area contributed by atoms with Crippen LogP contribution in [0.4, 0.5) is 0 Å². The van der Waals surface area contributed by atoms with Crippen LogP contribution in [0.25, 0.3) is 0 Å². The highest BCUT2D eigenvalue weighted by Gasteiger charge is 2.27. The van der Waals surface area contributed by atoms with Gasteiger partial charge in [-0.3, -0.25) is 18.6 Å². The van der Waals surface area contributed by atoms with Crippen molar-refractivity contribution in [2.45, 2.75) is 225 Å². The van der Waals surface area contributed by atoms with Crippen molar-refractivity contribution in [1.29, 1.82) is 0 Å². The van der Waals surface area contributed by atoms with Crippen LogP contribution in [0.2, 0.25) is 0 Å². The fraction of sp³-hybridized carbons (Fsp3) is 0.538. The van der Waals surface area contributed by atoms with Gasteiger partial charge in [-0.15, -0.1) is 0 Å². The van der Waals surface area contributed by atoms with Crippen molar-refractivity contribution in [2.75, 3.05) is 47.5 Å². The Hall–Kier alpha value is -5.41. The summed E-state index contributed by atoms with van der Waals surface area (Å²) < 4.78 is 34.6. The number of allylic oxidation sites excluding steroid dienone is 34. The molecule has 2 unspecified atom stereocenters. The third-order valence-corrected chi connectivity index (χ3v) is 14.3. The van der Waals surface area contributed by atoms with Crippen molar-refractivity contribution in [2.24, 2.45) is 0 Å². The van der Waals surface area contributed by atoms with E-state index in [1.165, 1.54) is 0 Å². The largest absolute Gasteiger partial charge is 0.472 e. The fourth-order valence-corrected chi connectivity index (χ4v) is 8.94. The van der Waals surface area contributed by atoms with Crippen LogP contribution in [0, 0.1) is 0 Å². The van der Waals surface area contributed by atoms with E-state index in [9.17, 15) is 19.0 Å². The van der Waals surface area contributed by atoms with Crippen LogP contribution in [0.15, 0.2) is 207 Å². The first kappa shape index (κ1) is 82.6. The third kappa shape index (κ3) is 69.7. The summed E-state index contributed by atoms with van der Waals surface area (Å²) in [6.07, 6.45) is 105. The molecule has 0 aliphatic heterocycles. The van der Waals surface area contributed by atoms with Crippen LogP contribution in [0.1, 0.15) is 219 Å². The minimum Gasteiger partial charge on any atom is -0.462 e. The summed E-state index contributed by atoms with van der Waals surface area (Å²) in [4.78, 5) is 35.8. The van der Waals surface area contributed by atoms with Gasteiger partial charge < -0.3 is 18.9 Å². The standard InChI is InChI=1S/C78H122NO8P/c1-6-8-10-12-14-16-18-20-22-24-26-28-30-32-33-34-35-36-37-38-39-40-41-42-43-44-45-47-49-51-53-55-57-59-61-63-65-67-69-71-78(81)87-76(75-86-88(82,83)85-73-72-79(3,4)5)74-84-77(80)70-68-66-64-62-60-58-56-54-52-50-48-46-31-29-27-25-23-21-19-17-15-13-11-9-7-2/h8-11,14-17,20-23,26-29,32-33,35-36,38-39,41-42,44-46,48-49,51-52,54-55,57,76H,6-7,12-13,18-19,24-25,30-31,34,37,40,43,47,50,53,56,58-75H2,1-5H3/p+1/b10-8-,11-9-,16-14-,17-15-,22-20-,23-21-,28-26-,29-27-,33-32-,36-35-,39-38-,42-41-,45-44-,48-46-,51-49-,54-52-,57-55-. The number of quaternary nitrogens is 1. The van der Waals surface area contributed by atoms with E-state index in [1.54, 1.807) is 0 Å².